The van der Waals surface area contributed by atoms with Crippen molar-refractivity contribution in [3.8, 4) is 34.5 Å². The number of fused-ring (bicyclic) bond motifs is 1. The molecule has 0 amide bonds. The maximum absolute atomic E-state index is 11.0. The Balaban J connectivity index is 1.85. The molecule has 2 aromatic rings. The maximum atomic E-state index is 11.0. The van der Waals surface area contributed by atoms with Crippen molar-refractivity contribution < 1.29 is 64.2 Å². The van der Waals surface area contributed by atoms with Gasteiger partial charge in [-0.25, -0.2) is 0 Å². The van der Waals surface area contributed by atoms with Crippen LogP contribution in [0.5, 0.6) is 34.5 Å². The van der Waals surface area contributed by atoms with Crippen LogP contribution < -0.4 is 18.9 Å². The number of rotatable bonds is 10. The van der Waals surface area contributed by atoms with E-state index in [0.29, 0.717) is 17.5 Å². The molecule has 0 saturated carbocycles. The molecule has 0 aromatic heterocycles. The lowest BCUT2D eigenvalue weighted by Gasteiger charge is -2.43. The number of ether oxygens (including phenoxy) is 6. The van der Waals surface area contributed by atoms with E-state index in [-0.39, 0.29) is 47.7 Å². The first-order valence-electron chi connectivity index (χ1n) is 13.1. The van der Waals surface area contributed by atoms with Crippen LogP contribution in [0.2, 0.25) is 0 Å². The molecule has 1 saturated heterocycles. The molecule has 7 N–H and O–H groups in total. The summed E-state index contributed by atoms with van der Waals surface area (Å²) < 4.78 is 33.3. The van der Waals surface area contributed by atoms with E-state index in [1.165, 1.54) is 28.4 Å². The van der Waals surface area contributed by atoms with Gasteiger partial charge in [0.15, 0.2) is 29.3 Å². The average molecular weight is 583 g/mol. The third-order valence-electron chi connectivity index (χ3n) is 7.99. The highest BCUT2D eigenvalue weighted by molar-refractivity contribution is 5.64. The summed E-state index contributed by atoms with van der Waals surface area (Å²) in [4.78, 5) is 0. The molecule has 1 aliphatic heterocycles. The van der Waals surface area contributed by atoms with Gasteiger partial charge in [0.2, 0.25) is 11.5 Å². The molecule has 1 heterocycles. The third kappa shape index (κ3) is 5.58. The zero-order valence-corrected chi connectivity index (χ0v) is 23.3. The normalized spacial score (nSPS) is 29.5. The van der Waals surface area contributed by atoms with Gasteiger partial charge in [0.05, 0.1) is 41.7 Å². The van der Waals surface area contributed by atoms with Crippen LogP contribution in [0.15, 0.2) is 18.2 Å². The van der Waals surface area contributed by atoms with Crippen LogP contribution in [-0.2, 0) is 15.9 Å². The molecule has 0 bridgehead atoms. The lowest BCUT2D eigenvalue weighted by Crippen LogP contribution is -2.59. The van der Waals surface area contributed by atoms with Gasteiger partial charge in [0.1, 0.15) is 24.4 Å². The zero-order valence-electron chi connectivity index (χ0n) is 23.3. The van der Waals surface area contributed by atoms with E-state index in [4.69, 9.17) is 28.4 Å². The van der Waals surface area contributed by atoms with Crippen molar-refractivity contribution in [2.24, 2.45) is 11.8 Å². The Hall–Kier alpha value is -3.04. The molecular formula is C28H38O13. The van der Waals surface area contributed by atoms with Crippen molar-refractivity contribution in [1.82, 2.24) is 0 Å². The summed E-state index contributed by atoms with van der Waals surface area (Å²) in [6.07, 6.45) is -7.02. The number of hydrogen-bond acceptors (Lipinski definition) is 13. The van der Waals surface area contributed by atoms with Crippen LogP contribution in [0.3, 0.4) is 0 Å². The number of benzene rings is 2. The summed E-state index contributed by atoms with van der Waals surface area (Å²) in [7, 11) is 5.60. The molecule has 228 valence electrons. The Morgan fingerprint density at radius 2 is 1.39 bits per heavy atom. The molecule has 13 heteroatoms. The van der Waals surface area contributed by atoms with E-state index in [2.05, 4.69) is 0 Å². The summed E-state index contributed by atoms with van der Waals surface area (Å²) in [5, 5.41) is 72.6. The Bertz CT molecular complexity index is 1180. The molecule has 1 aliphatic carbocycles. The van der Waals surface area contributed by atoms with E-state index in [0.717, 1.165) is 5.56 Å². The third-order valence-corrected chi connectivity index (χ3v) is 7.99. The van der Waals surface area contributed by atoms with Gasteiger partial charge in [-0.15, -0.1) is 0 Å². The molecule has 2 aliphatic rings. The molecule has 0 spiro atoms. The number of phenolic OH excluding ortho intramolecular Hbond substituents is 2. The second-order valence-corrected chi connectivity index (χ2v) is 10.1. The van der Waals surface area contributed by atoms with Crippen molar-refractivity contribution in [2.75, 3.05) is 48.3 Å². The largest absolute Gasteiger partial charge is 0.502 e. The van der Waals surface area contributed by atoms with E-state index < -0.39 is 55.1 Å². The highest BCUT2D eigenvalue weighted by atomic mass is 16.7. The van der Waals surface area contributed by atoms with E-state index in [1.54, 1.807) is 18.2 Å². The number of hydrogen-bond donors (Lipinski definition) is 7. The van der Waals surface area contributed by atoms with Crippen molar-refractivity contribution in [3.63, 3.8) is 0 Å². The van der Waals surface area contributed by atoms with Gasteiger partial charge in [-0.1, -0.05) is 0 Å². The SMILES string of the molecule is COc1cc([C@@H]2c3c(cc(OC)c(O)c3OC)C[C@H](CO)[C@@H]2CO[C@H]2O[C@@H](CO)[C@H](O)[C@@H](O)[C@@H]2O)cc(OC)c1O. The van der Waals surface area contributed by atoms with E-state index in [9.17, 15) is 35.7 Å². The Kier molecular flexibility index (Phi) is 9.70. The Labute approximate surface area is 237 Å². The van der Waals surface area contributed by atoms with Crippen LogP contribution in [-0.4, -0.2) is 115 Å². The van der Waals surface area contributed by atoms with Gasteiger partial charge < -0.3 is 64.2 Å². The highest BCUT2D eigenvalue weighted by Gasteiger charge is 2.46. The summed E-state index contributed by atoms with van der Waals surface area (Å²) >= 11 is 0. The van der Waals surface area contributed by atoms with Crippen molar-refractivity contribution in [2.45, 2.75) is 43.0 Å². The number of aromatic hydroxyl groups is 2. The first kappa shape index (κ1) is 30.9. The number of phenols is 2. The average Bonchev–Trinajstić information content (AvgIpc) is 2.98. The van der Waals surface area contributed by atoms with Crippen LogP contribution in [0, 0.1) is 11.8 Å². The molecule has 41 heavy (non-hydrogen) atoms. The van der Waals surface area contributed by atoms with Crippen LogP contribution in [0.1, 0.15) is 22.6 Å². The molecule has 1 fully saturated rings. The standard InChI is InChI=1S/C28H38O13/c1-36-16-7-13(8-17(37-2)22(16)31)20-15(11-40-28-26(35)25(34)23(32)19(10-30)41-28)14(9-29)5-12-6-18(38-3)24(33)27(39-4)21(12)20/h6-8,14-15,19-20,23,25-26,28-35H,5,9-11H2,1-4H3/t14-,15+,19+,20+,23+,25-,26+,28+/m1/s1. The number of aliphatic hydroxyl groups is 5. The maximum Gasteiger partial charge on any atom is 0.201 e. The molecule has 4 rings (SSSR count). The predicted molar refractivity (Wildman–Crippen MR) is 142 cm³/mol. The van der Waals surface area contributed by atoms with Crippen molar-refractivity contribution in [3.05, 3.63) is 34.9 Å². The fourth-order valence-corrected chi connectivity index (χ4v) is 5.83. The molecule has 8 atom stereocenters. The number of aliphatic hydroxyl groups excluding tert-OH is 5. The fourth-order valence-electron chi connectivity index (χ4n) is 5.83. The quantitative estimate of drug-likeness (QED) is 0.196. The van der Waals surface area contributed by atoms with Gasteiger partial charge in [-0.2, -0.15) is 0 Å². The predicted octanol–water partition coefficient (Wildman–Crippen LogP) is -0.139. The smallest absolute Gasteiger partial charge is 0.201 e. The molecule has 0 radical (unpaired) electrons. The van der Waals surface area contributed by atoms with E-state index in [1.807, 2.05) is 0 Å². The lowest BCUT2D eigenvalue weighted by molar-refractivity contribution is -0.304. The highest BCUT2D eigenvalue weighted by Crippen LogP contribution is 2.54. The van der Waals surface area contributed by atoms with Crippen LogP contribution in [0.25, 0.3) is 0 Å². The summed E-state index contributed by atoms with van der Waals surface area (Å²) in [5.74, 6) is -1.51. The Morgan fingerprint density at radius 1 is 0.780 bits per heavy atom. The minimum Gasteiger partial charge on any atom is -0.502 e. The fraction of sp³-hybridized carbons (Fsp3) is 0.571. The minimum atomic E-state index is -1.63. The first-order chi connectivity index (χ1) is 19.6. The second kappa shape index (κ2) is 12.9. The van der Waals surface area contributed by atoms with Crippen LogP contribution >= 0.6 is 0 Å². The first-order valence-corrected chi connectivity index (χ1v) is 13.1. The summed E-state index contributed by atoms with van der Waals surface area (Å²) in [5.41, 5.74) is 1.88. The van der Waals surface area contributed by atoms with Gasteiger partial charge in [0, 0.05) is 18.1 Å². The summed E-state index contributed by atoms with van der Waals surface area (Å²) in [6.45, 7) is -1.02. The van der Waals surface area contributed by atoms with Crippen molar-refractivity contribution >= 4 is 0 Å². The molecular weight excluding hydrogens is 544 g/mol. The Morgan fingerprint density at radius 3 is 1.93 bits per heavy atom. The van der Waals surface area contributed by atoms with Crippen molar-refractivity contribution in [1.29, 1.82) is 0 Å². The van der Waals surface area contributed by atoms with Gasteiger partial charge >= 0.3 is 0 Å². The van der Waals surface area contributed by atoms with Gasteiger partial charge in [-0.05, 0) is 47.6 Å². The minimum absolute atomic E-state index is 0.123. The molecule has 13 nitrogen and oxygen atoms in total. The second-order valence-electron chi connectivity index (χ2n) is 10.1. The monoisotopic (exact) mass is 582 g/mol. The van der Waals surface area contributed by atoms with Gasteiger partial charge in [-0.3, -0.25) is 0 Å². The van der Waals surface area contributed by atoms with Crippen LogP contribution in [0.4, 0.5) is 0 Å². The van der Waals surface area contributed by atoms with E-state index >= 15 is 0 Å². The lowest BCUT2D eigenvalue weighted by atomic mass is 9.66. The molecule has 2 aromatic carbocycles. The summed E-state index contributed by atoms with van der Waals surface area (Å²) in [6, 6.07) is 4.88. The number of methoxy groups -OCH3 is 4. The molecule has 0 unspecified atom stereocenters. The topological polar surface area (TPSA) is 197 Å². The van der Waals surface area contributed by atoms with Gasteiger partial charge in [0.25, 0.3) is 0 Å². The zero-order chi connectivity index (χ0) is 30.0.